The fraction of sp³-hybridized carbons (Fsp3) is 0.294. The number of aliphatic carboxylic acids is 1. The first kappa shape index (κ1) is 14.4. The minimum absolute atomic E-state index is 0.677. The number of hydrogen-bond donors (Lipinski definition) is 1. The van der Waals surface area contributed by atoms with E-state index in [0.717, 1.165) is 22.2 Å². The lowest BCUT2D eigenvalue weighted by Gasteiger charge is -2.19. The van der Waals surface area contributed by atoms with Crippen molar-refractivity contribution in [3.8, 4) is 11.3 Å². The van der Waals surface area contributed by atoms with E-state index in [2.05, 4.69) is 5.16 Å². The number of carbonyl (C=O) groups is 1. The van der Waals surface area contributed by atoms with E-state index in [1.54, 1.807) is 26.0 Å². The van der Waals surface area contributed by atoms with Crippen LogP contribution < -0.4 is 0 Å². The molecule has 2 aromatic heterocycles. The van der Waals surface area contributed by atoms with Crippen LogP contribution in [0.3, 0.4) is 0 Å². The Kier molecular flexibility index (Phi) is 3.09. The molecule has 0 fully saturated rings. The van der Waals surface area contributed by atoms with Gasteiger partial charge in [0.25, 0.3) is 0 Å². The Morgan fingerprint density at radius 1 is 1.23 bits per heavy atom. The third kappa shape index (κ3) is 2.09. The second-order valence-electron chi connectivity index (χ2n) is 5.99. The van der Waals surface area contributed by atoms with Gasteiger partial charge in [0.05, 0.1) is 16.7 Å². The molecule has 2 heterocycles. The van der Waals surface area contributed by atoms with Crippen LogP contribution in [0.4, 0.5) is 0 Å². The van der Waals surface area contributed by atoms with Gasteiger partial charge in [-0.05, 0) is 51.5 Å². The van der Waals surface area contributed by atoms with E-state index in [4.69, 9.17) is 8.94 Å². The van der Waals surface area contributed by atoms with E-state index in [0.29, 0.717) is 17.1 Å². The van der Waals surface area contributed by atoms with Crippen LogP contribution in [0.1, 0.15) is 30.9 Å². The lowest BCUT2D eigenvalue weighted by Crippen LogP contribution is -2.28. The van der Waals surface area contributed by atoms with Gasteiger partial charge >= 0.3 is 5.97 Å². The first-order valence-electron chi connectivity index (χ1n) is 7.01. The summed E-state index contributed by atoms with van der Waals surface area (Å²) in [5, 5.41) is 14.1. The van der Waals surface area contributed by atoms with Gasteiger partial charge < -0.3 is 14.0 Å². The number of rotatable bonds is 3. The van der Waals surface area contributed by atoms with Gasteiger partial charge in [0.1, 0.15) is 17.1 Å². The van der Waals surface area contributed by atoms with E-state index in [1.807, 2.05) is 26.0 Å². The summed E-state index contributed by atoms with van der Waals surface area (Å²) >= 11 is 0. The van der Waals surface area contributed by atoms with Gasteiger partial charge in [-0.25, -0.2) is 0 Å². The van der Waals surface area contributed by atoms with Crippen molar-refractivity contribution in [1.82, 2.24) is 5.16 Å². The van der Waals surface area contributed by atoms with E-state index >= 15 is 0 Å². The van der Waals surface area contributed by atoms with Crippen molar-refractivity contribution in [2.24, 2.45) is 0 Å². The predicted octanol–water partition coefficient (Wildman–Crippen LogP) is 4.07. The molecule has 0 aliphatic carbocycles. The monoisotopic (exact) mass is 299 g/mol. The molecule has 0 bridgehead atoms. The topological polar surface area (TPSA) is 76.5 Å². The summed E-state index contributed by atoms with van der Waals surface area (Å²) in [5.41, 5.74) is 2.10. The van der Waals surface area contributed by atoms with Crippen LogP contribution in [-0.4, -0.2) is 16.2 Å². The molecule has 5 nitrogen and oxygen atoms in total. The molecule has 1 aromatic carbocycles. The van der Waals surface area contributed by atoms with Crippen molar-refractivity contribution in [2.75, 3.05) is 0 Å². The second-order valence-corrected chi connectivity index (χ2v) is 5.99. The molecule has 114 valence electrons. The van der Waals surface area contributed by atoms with Crippen LogP contribution in [0.15, 0.2) is 33.2 Å². The summed E-state index contributed by atoms with van der Waals surface area (Å²) in [4.78, 5) is 11.4. The zero-order valence-corrected chi connectivity index (χ0v) is 12.9. The van der Waals surface area contributed by atoms with Crippen LogP contribution in [0.5, 0.6) is 0 Å². The average Bonchev–Trinajstić information content (AvgIpc) is 3.00. The molecule has 0 amide bonds. The Morgan fingerprint density at radius 3 is 2.55 bits per heavy atom. The highest BCUT2D eigenvalue weighted by atomic mass is 16.5. The van der Waals surface area contributed by atoms with Crippen molar-refractivity contribution < 1.29 is 18.8 Å². The smallest absolute Gasteiger partial charge is 0.313 e. The summed E-state index contributed by atoms with van der Waals surface area (Å²) in [6, 6.07) is 7.34. The molecule has 0 unspecified atom stereocenters. The third-order valence-corrected chi connectivity index (χ3v) is 4.05. The summed E-state index contributed by atoms with van der Waals surface area (Å²) in [5.74, 6) is 0.514. The molecule has 0 atom stereocenters. The molecule has 0 saturated carbocycles. The summed E-state index contributed by atoms with van der Waals surface area (Å²) < 4.78 is 11.0. The largest absolute Gasteiger partial charge is 0.481 e. The van der Waals surface area contributed by atoms with Crippen molar-refractivity contribution in [1.29, 1.82) is 0 Å². The van der Waals surface area contributed by atoms with Crippen molar-refractivity contribution in [3.63, 3.8) is 0 Å². The van der Waals surface area contributed by atoms with Crippen molar-refractivity contribution in [3.05, 3.63) is 41.3 Å². The zero-order valence-electron chi connectivity index (χ0n) is 12.9. The van der Waals surface area contributed by atoms with Crippen molar-refractivity contribution in [2.45, 2.75) is 33.1 Å². The number of aromatic nitrogens is 1. The molecular weight excluding hydrogens is 282 g/mol. The van der Waals surface area contributed by atoms with Gasteiger partial charge in [-0.1, -0.05) is 11.2 Å². The number of furan rings is 1. The maximum atomic E-state index is 11.4. The molecule has 1 N–H and O–H groups in total. The van der Waals surface area contributed by atoms with Crippen LogP contribution in [0.25, 0.3) is 22.3 Å². The quantitative estimate of drug-likeness (QED) is 0.789. The highest BCUT2D eigenvalue weighted by molar-refractivity contribution is 5.87. The zero-order chi connectivity index (χ0) is 16.1. The summed E-state index contributed by atoms with van der Waals surface area (Å²) in [6.45, 7) is 7.07. The normalized spacial score (nSPS) is 12.0. The fourth-order valence-electron chi connectivity index (χ4n) is 2.51. The molecule has 0 radical (unpaired) electrons. The molecule has 0 aliphatic rings. The molecule has 0 spiro atoms. The first-order valence-corrected chi connectivity index (χ1v) is 7.01. The number of fused-ring (bicyclic) bond motifs is 1. The Labute approximate surface area is 127 Å². The van der Waals surface area contributed by atoms with Crippen molar-refractivity contribution >= 4 is 16.9 Å². The number of carboxylic acid groups (broad SMARTS) is 1. The maximum Gasteiger partial charge on any atom is 0.313 e. The van der Waals surface area contributed by atoms with Gasteiger partial charge in [0, 0.05) is 5.39 Å². The van der Waals surface area contributed by atoms with Crippen LogP contribution >= 0.6 is 0 Å². The van der Waals surface area contributed by atoms with E-state index in [1.165, 1.54) is 0 Å². The van der Waals surface area contributed by atoms with Crippen LogP contribution in [-0.2, 0) is 10.2 Å². The number of aryl methyl sites for hydroxylation is 2. The summed E-state index contributed by atoms with van der Waals surface area (Å²) in [7, 11) is 0. The summed E-state index contributed by atoms with van der Waals surface area (Å²) in [6.07, 6.45) is 0. The number of carboxylic acids is 1. The second kappa shape index (κ2) is 4.73. The number of benzene rings is 1. The van der Waals surface area contributed by atoms with Gasteiger partial charge in [0.2, 0.25) is 0 Å². The lowest BCUT2D eigenvalue weighted by atomic mass is 9.84. The third-order valence-electron chi connectivity index (χ3n) is 4.05. The molecule has 0 saturated heterocycles. The Balaban J connectivity index is 2.14. The van der Waals surface area contributed by atoms with Gasteiger partial charge in [-0.2, -0.15) is 0 Å². The molecule has 3 rings (SSSR count). The molecule has 0 aliphatic heterocycles. The van der Waals surface area contributed by atoms with Gasteiger partial charge in [-0.15, -0.1) is 0 Å². The Bertz CT molecular complexity index is 851. The minimum Gasteiger partial charge on any atom is -0.481 e. The van der Waals surface area contributed by atoms with Crippen LogP contribution in [0.2, 0.25) is 0 Å². The molecule has 22 heavy (non-hydrogen) atoms. The van der Waals surface area contributed by atoms with Gasteiger partial charge in [-0.3, -0.25) is 4.79 Å². The Hall–Kier alpha value is -2.56. The fourth-order valence-corrected chi connectivity index (χ4v) is 2.51. The SMILES string of the molecule is Cc1noc(C)c1-c1cc2cc(C(C)(C)C(=O)O)ccc2o1. The van der Waals surface area contributed by atoms with E-state index in [-0.39, 0.29) is 0 Å². The highest BCUT2D eigenvalue weighted by Gasteiger charge is 2.29. The Morgan fingerprint density at radius 2 is 1.95 bits per heavy atom. The van der Waals surface area contributed by atoms with Gasteiger partial charge in [0.15, 0.2) is 0 Å². The molecular formula is C17H17NO4. The maximum absolute atomic E-state index is 11.4. The standard InChI is InChI=1S/C17H17NO4/c1-9-15(10(2)22-18-9)14-8-11-7-12(5-6-13(11)21-14)17(3,4)16(19)20/h5-8H,1-4H3,(H,19,20). The molecule has 5 heteroatoms. The predicted molar refractivity (Wildman–Crippen MR) is 81.8 cm³/mol. The number of nitrogens with zero attached hydrogens (tertiary/aromatic N) is 1. The van der Waals surface area contributed by atoms with E-state index < -0.39 is 11.4 Å². The molecule has 3 aromatic rings. The number of hydrogen-bond acceptors (Lipinski definition) is 4. The van der Waals surface area contributed by atoms with E-state index in [9.17, 15) is 9.90 Å². The highest BCUT2D eigenvalue weighted by Crippen LogP contribution is 2.34. The van der Waals surface area contributed by atoms with Crippen LogP contribution in [0, 0.1) is 13.8 Å². The lowest BCUT2D eigenvalue weighted by molar-refractivity contribution is -0.142. The average molecular weight is 299 g/mol. The minimum atomic E-state index is -0.950. The first-order chi connectivity index (χ1) is 10.3.